The van der Waals surface area contributed by atoms with E-state index in [1.165, 1.54) is 41.6 Å². The van der Waals surface area contributed by atoms with Crippen molar-refractivity contribution in [3.63, 3.8) is 0 Å². The molecule has 1 aromatic carbocycles. The highest BCUT2D eigenvalue weighted by atomic mass is 32.2. The Bertz CT molecular complexity index is 991. The van der Waals surface area contributed by atoms with Crippen molar-refractivity contribution < 1.29 is 14.0 Å². The van der Waals surface area contributed by atoms with Crippen LogP contribution in [0.3, 0.4) is 0 Å². The van der Waals surface area contributed by atoms with Crippen molar-refractivity contribution in [2.75, 3.05) is 12.3 Å². The van der Waals surface area contributed by atoms with Gasteiger partial charge in [0.1, 0.15) is 23.2 Å². The van der Waals surface area contributed by atoms with Crippen LogP contribution in [-0.2, 0) is 9.59 Å². The quantitative estimate of drug-likeness (QED) is 0.455. The fourth-order valence-electron chi connectivity index (χ4n) is 2.50. The van der Waals surface area contributed by atoms with E-state index in [9.17, 15) is 14.0 Å². The Labute approximate surface area is 170 Å². The van der Waals surface area contributed by atoms with E-state index in [0.29, 0.717) is 11.6 Å². The maximum absolute atomic E-state index is 13.1. The molecule has 146 valence electrons. The molecule has 0 fully saturated rings. The minimum atomic E-state index is -0.592. The van der Waals surface area contributed by atoms with Gasteiger partial charge < -0.3 is 10.6 Å². The van der Waals surface area contributed by atoms with Crippen molar-refractivity contribution >= 4 is 45.1 Å². The second kappa shape index (κ2) is 9.11. The Balaban J connectivity index is 1.70. The Morgan fingerprint density at radius 1 is 1.25 bits per heavy atom. The molecule has 3 rings (SSSR count). The number of likely N-dealkylation sites (N-methyl/N-ethyl adjacent to an activating group) is 1. The summed E-state index contributed by atoms with van der Waals surface area (Å²) in [6.07, 6.45) is 1.46. The van der Waals surface area contributed by atoms with E-state index in [0.717, 1.165) is 20.7 Å². The number of carbonyl (C=O) groups is 2. The van der Waals surface area contributed by atoms with E-state index in [1.807, 2.05) is 13.0 Å². The third kappa shape index (κ3) is 4.85. The number of benzene rings is 1. The van der Waals surface area contributed by atoms with Crippen LogP contribution in [0.5, 0.6) is 0 Å². The number of rotatable bonds is 7. The largest absolute Gasteiger partial charge is 0.355 e. The Morgan fingerprint density at radius 2 is 2.00 bits per heavy atom. The van der Waals surface area contributed by atoms with Gasteiger partial charge in [-0.25, -0.2) is 14.4 Å². The lowest BCUT2D eigenvalue weighted by molar-refractivity contribution is -0.127. The number of amides is 2. The first-order valence-corrected chi connectivity index (χ1v) is 10.5. The van der Waals surface area contributed by atoms with Gasteiger partial charge in [-0.3, -0.25) is 9.59 Å². The molecule has 1 atom stereocenters. The number of aromatic nitrogens is 2. The van der Waals surface area contributed by atoms with Gasteiger partial charge in [-0.1, -0.05) is 23.9 Å². The van der Waals surface area contributed by atoms with Crippen molar-refractivity contribution in [2.45, 2.75) is 24.9 Å². The fraction of sp³-hybridized carbons (Fsp3) is 0.263. The predicted molar refractivity (Wildman–Crippen MR) is 110 cm³/mol. The Morgan fingerprint density at radius 3 is 2.71 bits per heavy atom. The normalized spacial score (nSPS) is 12.0. The van der Waals surface area contributed by atoms with Gasteiger partial charge in [0.15, 0.2) is 0 Å². The summed E-state index contributed by atoms with van der Waals surface area (Å²) in [5.41, 5.74) is 1.67. The lowest BCUT2D eigenvalue weighted by atomic mass is 10.2. The van der Waals surface area contributed by atoms with Gasteiger partial charge in [0.05, 0.1) is 16.0 Å². The molecule has 2 heterocycles. The number of thiophene rings is 1. The van der Waals surface area contributed by atoms with Crippen molar-refractivity contribution in [2.24, 2.45) is 0 Å². The van der Waals surface area contributed by atoms with Gasteiger partial charge in [-0.15, -0.1) is 11.3 Å². The van der Waals surface area contributed by atoms with Crippen LogP contribution in [0, 0.1) is 5.82 Å². The first-order chi connectivity index (χ1) is 13.5. The van der Waals surface area contributed by atoms with Crippen molar-refractivity contribution in [3.05, 3.63) is 42.5 Å². The molecule has 6 nitrogen and oxygen atoms in total. The molecule has 28 heavy (non-hydrogen) atoms. The van der Waals surface area contributed by atoms with Gasteiger partial charge in [0.25, 0.3) is 0 Å². The summed E-state index contributed by atoms with van der Waals surface area (Å²) in [6, 6.07) is 7.61. The molecular weight excluding hydrogens is 399 g/mol. The maximum Gasteiger partial charge on any atom is 0.242 e. The number of nitrogens with zero attached hydrogens (tertiary/aromatic N) is 2. The summed E-state index contributed by atoms with van der Waals surface area (Å²) in [5, 5.41) is 6.04. The number of halogens is 1. The summed E-state index contributed by atoms with van der Waals surface area (Å²) in [4.78, 5) is 33.4. The van der Waals surface area contributed by atoms with Crippen LogP contribution >= 0.6 is 23.1 Å². The molecule has 2 amide bonds. The number of hydrogen-bond donors (Lipinski definition) is 2. The molecule has 9 heteroatoms. The minimum Gasteiger partial charge on any atom is -0.355 e. The Kier molecular flexibility index (Phi) is 6.58. The summed E-state index contributed by atoms with van der Waals surface area (Å²) < 4.78 is 14.0. The fourth-order valence-corrected chi connectivity index (χ4v) is 4.51. The number of hydrogen-bond acceptors (Lipinski definition) is 6. The van der Waals surface area contributed by atoms with Crippen molar-refractivity contribution in [3.8, 4) is 10.4 Å². The molecule has 0 aliphatic carbocycles. The lowest BCUT2D eigenvalue weighted by Crippen LogP contribution is -2.45. The molecule has 0 aliphatic rings. The predicted octanol–water partition coefficient (Wildman–Crippen LogP) is 3.23. The van der Waals surface area contributed by atoms with Crippen molar-refractivity contribution in [1.82, 2.24) is 20.6 Å². The molecule has 0 radical (unpaired) electrons. The standard InChI is InChI=1S/C19H19FN4O2S2/c1-3-21-18(26)11(2)24-16(25)9-27-19-17-14(22-10-23-19)8-15(28-17)12-4-6-13(20)7-5-12/h4-8,10-11H,3,9H2,1-2H3,(H,21,26)(H,24,25)/t11-/m0/s1. The maximum atomic E-state index is 13.1. The smallest absolute Gasteiger partial charge is 0.242 e. The number of fused-ring (bicyclic) bond motifs is 1. The monoisotopic (exact) mass is 418 g/mol. The summed E-state index contributed by atoms with van der Waals surface area (Å²) in [6.45, 7) is 3.98. The molecule has 2 aromatic heterocycles. The second-order valence-corrected chi connectivity index (χ2v) is 8.00. The van der Waals surface area contributed by atoms with Gasteiger partial charge in [0, 0.05) is 11.4 Å². The average Bonchev–Trinajstić information content (AvgIpc) is 3.12. The van der Waals surface area contributed by atoms with Gasteiger partial charge in [-0.05, 0) is 37.6 Å². The van der Waals surface area contributed by atoms with Gasteiger partial charge in [-0.2, -0.15) is 0 Å². The number of carbonyl (C=O) groups excluding carboxylic acids is 2. The SMILES string of the molecule is CCNC(=O)[C@H](C)NC(=O)CSc1ncnc2cc(-c3ccc(F)cc3)sc12. The summed E-state index contributed by atoms with van der Waals surface area (Å²) >= 11 is 2.79. The molecule has 0 bridgehead atoms. The summed E-state index contributed by atoms with van der Waals surface area (Å²) in [5.74, 6) is -0.605. The average molecular weight is 419 g/mol. The molecule has 3 aromatic rings. The first-order valence-electron chi connectivity index (χ1n) is 8.68. The molecule has 2 N–H and O–H groups in total. The zero-order valence-corrected chi connectivity index (χ0v) is 17.0. The number of nitrogens with one attached hydrogen (secondary N) is 2. The summed E-state index contributed by atoms with van der Waals surface area (Å²) in [7, 11) is 0. The molecule has 0 unspecified atom stereocenters. The van der Waals surface area contributed by atoms with E-state index >= 15 is 0 Å². The van der Waals surface area contributed by atoms with Crippen LogP contribution in [0.15, 0.2) is 41.7 Å². The topological polar surface area (TPSA) is 84.0 Å². The van der Waals surface area contributed by atoms with Crippen LogP contribution < -0.4 is 10.6 Å². The molecule has 0 saturated carbocycles. The van der Waals surface area contributed by atoms with Gasteiger partial charge in [0.2, 0.25) is 11.8 Å². The van der Waals surface area contributed by atoms with E-state index in [1.54, 1.807) is 19.1 Å². The molecule has 0 aliphatic heterocycles. The first kappa shape index (κ1) is 20.2. The third-order valence-electron chi connectivity index (χ3n) is 3.87. The zero-order chi connectivity index (χ0) is 20.1. The highest BCUT2D eigenvalue weighted by molar-refractivity contribution is 8.00. The van der Waals surface area contributed by atoms with E-state index in [-0.39, 0.29) is 23.4 Å². The zero-order valence-electron chi connectivity index (χ0n) is 15.4. The van der Waals surface area contributed by atoms with Crippen molar-refractivity contribution in [1.29, 1.82) is 0 Å². The van der Waals surface area contributed by atoms with Crippen LogP contribution in [0.4, 0.5) is 4.39 Å². The van der Waals surface area contributed by atoms with E-state index in [2.05, 4.69) is 20.6 Å². The van der Waals surface area contributed by atoms with Crippen LogP contribution in [-0.4, -0.2) is 40.1 Å². The minimum absolute atomic E-state index is 0.139. The highest BCUT2D eigenvalue weighted by Crippen LogP contribution is 2.36. The van der Waals surface area contributed by atoms with Crippen LogP contribution in [0.2, 0.25) is 0 Å². The Hall–Kier alpha value is -2.52. The molecule has 0 spiro atoms. The molecule has 0 saturated heterocycles. The lowest BCUT2D eigenvalue weighted by Gasteiger charge is -2.13. The second-order valence-electron chi connectivity index (χ2n) is 5.98. The van der Waals surface area contributed by atoms with Crippen LogP contribution in [0.1, 0.15) is 13.8 Å². The van der Waals surface area contributed by atoms with E-state index in [4.69, 9.17) is 0 Å². The highest BCUT2D eigenvalue weighted by Gasteiger charge is 2.16. The molecular formula is C19H19FN4O2S2. The van der Waals surface area contributed by atoms with Crippen LogP contribution in [0.25, 0.3) is 20.7 Å². The third-order valence-corrected chi connectivity index (χ3v) is 6.17. The van der Waals surface area contributed by atoms with E-state index < -0.39 is 6.04 Å². The van der Waals surface area contributed by atoms with Gasteiger partial charge >= 0.3 is 0 Å². The number of thioether (sulfide) groups is 1.